The third-order valence-electron chi connectivity index (χ3n) is 3.55. The highest BCUT2D eigenvalue weighted by atomic mass is 32.2. The maximum atomic E-state index is 13.3. The van der Waals surface area contributed by atoms with Gasteiger partial charge < -0.3 is 5.32 Å². The Balaban J connectivity index is 2.24. The molecule has 0 aliphatic carbocycles. The van der Waals surface area contributed by atoms with Crippen molar-refractivity contribution < 1.29 is 17.6 Å². The number of benzene rings is 1. The summed E-state index contributed by atoms with van der Waals surface area (Å²) in [6, 6.07) is 4.07. The van der Waals surface area contributed by atoms with Gasteiger partial charge in [0, 0.05) is 11.8 Å². The van der Waals surface area contributed by atoms with Crippen LogP contribution in [-0.4, -0.2) is 42.3 Å². The monoisotopic (exact) mass is 346 g/mol. The molecule has 2 rings (SSSR count). The summed E-state index contributed by atoms with van der Waals surface area (Å²) in [4.78, 5) is 12.1. The molecule has 1 aliphatic heterocycles. The summed E-state index contributed by atoms with van der Waals surface area (Å²) in [5.74, 6) is -0.332. The quantitative estimate of drug-likeness (QED) is 0.883. The van der Waals surface area contributed by atoms with E-state index in [4.69, 9.17) is 0 Å². The van der Waals surface area contributed by atoms with Crippen molar-refractivity contribution in [3.05, 3.63) is 30.1 Å². The first kappa shape index (κ1) is 17.2. The first-order valence-corrected chi connectivity index (χ1v) is 9.61. The highest BCUT2D eigenvalue weighted by Gasteiger charge is 2.40. The summed E-state index contributed by atoms with van der Waals surface area (Å²) in [5, 5.41) is 2.80. The highest BCUT2D eigenvalue weighted by molar-refractivity contribution is 8.00. The fourth-order valence-electron chi connectivity index (χ4n) is 2.07. The summed E-state index contributed by atoms with van der Waals surface area (Å²) < 4.78 is 39.7. The number of amides is 1. The average Bonchev–Trinajstić information content (AvgIpc) is 2.97. The molecule has 0 aromatic heterocycles. The Labute approximate surface area is 134 Å². The fraction of sp³-hybridized carbons (Fsp3) is 0.500. The molecule has 1 N–H and O–H groups in total. The molecule has 1 fully saturated rings. The number of carbonyl (C=O) groups is 1. The molecule has 0 saturated carbocycles. The molecule has 1 aromatic carbocycles. The van der Waals surface area contributed by atoms with Crippen LogP contribution in [0.25, 0.3) is 0 Å². The molecule has 0 radical (unpaired) electrons. The van der Waals surface area contributed by atoms with Crippen molar-refractivity contribution in [1.29, 1.82) is 0 Å². The number of nitrogens with one attached hydrogen (secondary N) is 1. The van der Waals surface area contributed by atoms with Gasteiger partial charge in [0.2, 0.25) is 15.9 Å². The van der Waals surface area contributed by atoms with Gasteiger partial charge in [-0.05, 0) is 31.5 Å². The van der Waals surface area contributed by atoms with Gasteiger partial charge in [0.1, 0.15) is 11.9 Å². The third kappa shape index (κ3) is 3.61. The van der Waals surface area contributed by atoms with Gasteiger partial charge in [0.25, 0.3) is 0 Å². The molecule has 122 valence electrons. The van der Waals surface area contributed by atoms with E-state index in [1.807, 2.05) is 13.8 Å². The molecular formula is C14H19FN2O3S2. The number of thioether (sulfide) groups is 1. The van der Waals surface area contributed by atoms with Crippen LogP contribution in [-0.2, 0) is 14.8 Å². The zero-order valence-electron chi connectivity index (χ0n) is 12.5. The van der Waals surface area contributed by atoms with Crippen molar-refractivity contribution in [3.63, 3.8) is 0 Å². The van der Waals surface area contributed by atoms with Gasteiger partial charge in [-0.2, -0.15) is 4.31 Å². The Morgan fingerprint density at radius 3 is 2.91 bits per heavy atom. The van der Waals surface area contributed by atoms with Crippen LogP contribution in [0.3, 0.4) is 0 Å². The normalized spacial score (nSPS) is 20.8. The summed E-state index contributed by atoms with van der Waals surface area (Å²) in [6.45, 7) is 3.81. The molecule has 1 heterocycles. The lowest BCUT2D eigenvalue weighted by molar-refractivity contribution is -0.124. The van der Waals surface area contributed by atoms with E-state index in [0.29, 0.717) is 5.75 Å². The molecule has 0 bridgehead atoms. The number of sulfonamides is 1. The molecule has 1 amide bonds. The van der Waals surface area contributed by atoms with E-state index in [2.05, 4.69) is 5.32 Å². The fourth-order valence-corrected chi connectivity index (χ4v) is 5.26. The number of halogens is 1. The SMILES string of the molecule is CC[C@@H](C)NC(=O)[C@H]1CSCN1S(=O)(=O)c1cccc(F)c1. The van der Waals surface area contributed by atoms with Crippen molar-refractivity contribution >= 4 is 27.7 Å². The van der Waals surface area contributed by atoms with Crippen LogP contribution in [0.15, 0.2) is 29.2 Å². The second-order valence-electron chi connectivity index (χ2n) is 5.18. The predicted molar refractivity (Wildman–Crippen MR) is 84.4 cm³/mol. The largest absolute Gasteiger partial charge is 0.352 e. The molecular weight excluding hydrogens is 327 g/mol. The van der Waals surface area contributed by atoms with Crippen LogP contribution < -0.4 is 5.32 Å². The van der Waals surface area contributed by atoms with Crippen molar-refractivity contribution in [2.75, 3.05) is 11.6 Å². The lowest BCUT2D eigenvalue weighted by Crippen LogP contribution is -2.49. The summed E-state index contributed by atoms with van der Waals surface area (Å²) in [5.41, 5.74) is 0. The molecule has 5 nitrogen and oxygen atoms in total. The number of hydrogen-bond donors (Lipinski definition) is 1. The minimum atomic E-state index is -3.89. The lowest BCUT2D eigenvalue weighted by atomic mass is 10.2. The predicted octanol–water partition coefficient (Wildman–Crippen LogP) is 1.80. The molecule has 1 saturated heterocycles. The van der Waals surface area contributed by atoms with E-state index >= 15 is 0 Å². The van der Waals surface area contributed by atoms with Gasteiger partial charge >= 0.3 is 0 Å². The standard InChI is InChI=1S/C14H19FN2O3S2/c1-3-10(2)16-14(18)13-8-21-9-17(13)22(19,20)12-6-4-5-11(15)7-12/h4-7,10,13H,3,8-9H2,1-2H3,(H,16,18)/t10-,13-/m1/s1. The van der Waals surface area contributed by atoms with Gasteiger partial charge in [0.15, 0.2) is 0 Å². The Kier molecular flexibility index (Phi) is 5.46. The maximum Gasteiger partial charge on any atom is 0.244 e. The van der Waals surface area contributed by atoms with Crippen LogP contribution in [0, 0.1) is 5.82 Å². The van der Waals surface area contributed by atoms with Gasteiger partial charge in [-0.25, -0.2) is 12.8 Å². The molecule has 8 heteroatoms. The van der Waals surface area contributed by atoms with Crippen LogP contribution in [0.4, 0.5) is 4.39 Å². The van der Waals surface area contributed by atoms with E-state index < -0.39 is 21.9 Å². The van der Waals surface area contributed by atoms with Crippen molar-refractivity contribution in [2.45, 2.75) is 37.2 Å². The first-order valence-electron chi connectivity index (χ1n) is 7.01. The van der Waals surface area contributed by atoms with Crippen molar-refractivity contribution in [2.24, 2.45) is 0 Å². The maximum absolute atomic E-state index is 13.3. The molecule has 0 unspecified atom stereocenters. The second kappa shape index (κ2) is 6.97. The minimum absolute atomic E-state index is 0.0168. The van der Waals surface area contributed by atoms with E-state index in [1.165, 1.54) is 30.0 Å². The smallest absolute Gasteiger partial charge is 0.244 e. The van der Waals surface area contributed by atoms with Gasteiger partial charge in [0.05, 0.1) is 10.8 Å². The number of rotatable bonds is 5. The van der Waals surface area contributed by atoms with E-state index in [1.54, 1.807) is 0 Å². The van der Waals surface area contributed by atoms with Gasteiger partial charge in [-0.3, -0.25) is 4.79 Å². The van der Waals surface area contributed by atoms with Gasteiger partial charge in [-0.1, -0.05) is 13.0 Å². The van der Waals surface area contributed by atoms with E-state index in [-0.39, 0.29) is 22.7 Å². The number of hydrogen-bond acceptors (Lipinski definition) is 4. The van der Waals surface area contributed by atoms with Crippen molar-refractivity contribution in [1.82, 2.24) is 9.62 Å². The zero-order chi connectivity index (χ0) is 16.3. The summed E-state index contributed by atoms with van der Waals surface area (Å²) in [6.07, 6.45) is 0.766. The van der Waals surface area contributed by atoms with Gasteiger partial charge in [-0.15, -0.1) is 11.8 Å². The Hall–Kier alpha value is -1.12. The molecule has 22 heavy (non-hydrogen) atoms. The molecule has 0 spiro atoms. The Morgan fingerprint density at radius 1 is 1.55 bits per heavy atom. The van der Waals surface area contributed by atoms with Crippen LogP contribution in [0.5, 0.6) is 0 Å². The van der Waals surface area contributed by atoms with Crippen LogP contribution in [0.1, 0.15) is 20.3 Å². The first-order chi connectivity index (χ1) is 10.4. The number of nitrogens with zero attached hydrogens (tertiary/aromatic N) is 1. The number of carbonyl (C=O) groups excluding carboxylic acids is 1. The van der Waals surface area contributed by atoms with E-state index in [0.717, 1.165) is 16.8 Å². The molecule has 2 atom stereocenters. The average molecular weight is 346 g/mol. The molecule has 1 aromatic rings. The van der Waals surface area contributed by atoms with E-state index in [9.17, 15) is 17.6 Å². The second-order valence-corrected chi connectivity index (χ2v) is 8.07. The summed E-state index contributed by atoms with van der Waals surface area (Å²) >= 11 is 1.37. The Bertz CT molecular complexity index is 651. The topological polar surface area (TPSA) is 66.5 Å². The zero-order valence-corrected chi connectivity index (χ0v) is 14.1. The van der Waals surface area contributed by atoms with Crippen LogP contribution in [0.2, 0.25) is 0 Å². The van der Waals surface area contributed by atoms with Crippen LogP contribution >= 0.6 is 11.8 Å². The highest BCUT2D eigenvalue weighted by Crippen LogP contribution is 2.28. The Morgan fingerprint density at radius 2 is 2.27 bits per heavy atom. The lowest BCUT2D eigenvalue weighted by Gasteiger charge is -2.24. The summed E-state index contributed by atoms with van der Waals surface area (Å²) in [7, 11) is -3.89. The third-order valence-corrected chi connectivity index (χ3v) is 6.57. The molecule has 1 aliphatic rings. The minimum Gasteiger partial charge on any atom is -0.352 e. The van der Waals surface area contributed by atoms with Crippen molar-refractivity contribution in [3.8, 4) is 0 Å².